The summed E-state index contributed by atoms with van der Waals surface area (Å²) in [6, 6.07) is 22.4. The van der Waals surface area contributed by atoms with Gasteiger partial charge in [-0.15, -0.1) is 0 Å². The van der Waals surface area contributed by atoms with Gasteiger partial charge in [0, 0.05) is 17.1 Å². The fourth-order valence-corrected chi connectivity index (χ4v) is 4.79. The molecule has 1 atom stereocenters. The molecular formula is C26H24ClN3O3S. The number of aryl methyl sites for hydroxylation is 1. The van der Waals surface area contributed by atoms with Crippen molar-refractivity contribution < 1.29 is 14.3 Å². The van der Waals surface area contributed by atoms with Gasteiger partial charge in [-0.05, 0) is 54.4 Å². The molecule has 1 saturated heterocycles. The number of amides is 2. The lowest BCUT2D eigenvalue weighted by Crippen LogP contribution is -2.33. The molecule has 0 bridgehead atoms. The van der Waals surface area contributed by atoms with E-state index >= 15 is 0 Å². The van der Waals surface area contributed by atoms with Gasteiger partial charge in [0.05, 0.1) is 19.3 Å². The van der Waals surface area contributed by atoms with Crippen molar-refractivity contribution in [2.45, 2.75) is 25.1 Å². The second-order valence-electron chi connectivity index (χ2n) is 7.83. The number of methoxy groups -OCH3 is 1. The third-order valence-electron chi connectivity index (χ3n) is 5.33. The number of aliphatic imine (C=N–C) groups is 1. The van der Waals surface area contributed by atoms with Crippen LogP contribution >= 0.6 is 23.4 Å². The lowest BCUT2D eigenvalue weighted by molar-refractivity contribution is -0.128. The first-order chi connectivity index (χ1) is 16.4. The molecule has 4 rings (SSSR count). The number of rotatable bonds is 7. The standard InChI is InChI=1S/C26H24ClN3O3S/c1-17-8-9-20(14-22(17)27)28-24(31)15-23-25(32)30(16-18-6-4-3-5-7-18)26(34-23)29-19-10-12-21(33-2)13-11-19/h3-14,23H,15-16H2,1-2H3,(H,28,31)/t23-/m0/s1. The highest BCUT2D eigenvalue weighted by atomic mass is 35.5. The molecule has 1 fully saturated rings. The zero-order valence-electron chi connectivity index (χ0n) is 18.8. The van der Waals surface area contributed by atoms with Crippen molar-refractivity contribution in [3.8, 4) is 5.75 Å². The van der Waals surface area contributed by atoms with Crippen molar-refractivity contribution in [3.05, 3.63) is 88.9 Å². The number of anilines is 1. The number of amidine groups is 1. The summed E-state index contributed by atoms with van der Waals surface area (Å²) in [5.41, 5.74) is 3.22. The molecular weight excluding hydrogens is 470 g/mol. The van der Waals surface area contributed by atoms with Crippen molar-refractivity contribution in [2.24, 2.45) is 4.99 Å². The van der Waals surface area contributed by atoms with Crippen LogP contribution in [0.15, 0.2) is 77.8 Å². The SMILES string of the molecule is COc1ccc(N=C2S[C@@H](CC(=O)Nc3ccc(C)c(Cl)c3)C(=O)N2Cc2ccccc2)cc1. The lowest BCUT2D eigenvalue weighted by Gasteiger charge is -2.16. The number of halogens is 1. The summed E-state index contributed by atoms with van der Waals surface area (Å²) < 4.78 is 5.21. The minimum Gasteiger partial charge on any atom is -0.497 e. The number of ether oxygens (including phenoxy) is 1. The highest BCUT2D eigenvalue weighted by Gasteiger charge is 2.39. The number of hydrogen-bond acceptors (Lipinski definition) is 5. The monoisotopic (exact) mass is 493 g/mol. The Morgan fingerprint density at radius 3 is 2.53 bits per heavy atom. The van der Waals surface area contributed by atoms with Crippen LogP contribution in [0.2, 0.25) is 5.02 Å². The number of carbonyl (C=O) groups excluding carboxylic acids is 2. The van der Waals surface area contributed by atoms with Gasteiger partial charge in [-0.25, -0.2) is 4.99 Å². The Morgan fingerprint density at radius 1 is 1.12 bits per heavy atom. The molecule has 3 aromatic rings. The zero-order chi connectivity index (χ0) is 24.1. The molecule has 3 aromatic carbocycles. The average molecular weight is 494 g/mol. The molecule has 0 aromatic heterocycles. The fraction of sp³-hybridized carbons (Fsp3) is 0.192. The number of thioether (sulfide) groups is 1. The number of carbonyl (C=O) groups is 2. The van der Waals surface area contributed by atoms with Crippen LogP contribution in [0.4, 0.5) is 11.4 Å². The maximum Gasteiger partial charge on any atom is 0.242 e. The third-order valence-corrected chi connectivity index (χ3v) is 6.91. The van der Waals surface area contributed by atoms with Crippen LogP contribution in [0.3, 0.4) is 0 Å². The van der Waals surface area contributed by atoms with E-state index in [9.17, 15) is 9.59 Å². The molecule has 1 aliphatic rings. The molecule has 1 heterocycles. The first-order valence-corrected chi connectivity index (χ1v) is 12.0. The molecule has 174 valence electrons. The summed E-state index contributed by atoms with van der Waals surface area (Å²) in [5, 5.41) is 3.41. The van der Waals surface area contributed by atoms with Crippen molar-refractivity contribution in [3.63, 3.8) is 0 Å². The van der Waals surface area contributed by atoms with Crippen LogP contribution in [0, 0.1) is 6.92 Å². The summed E-state index contributed by atoms with van der Waals surface area (Å²) in [6.07, 6.45) is 0.0297. The number of nitrogens with one attached hydrogen (secondary N) is 1. The maximum absolute atomic E-state index is 13.3. The summed E-state index contributed by atoms with van der Waals surface area (Å²) in [7, 11) is 1.61. The molecule has 0 aliphatic carbocycles. The zero-order valence-corrected chi connectivity index (χ0v) is 20.4. The van der Waals surface area contributed by atoms with Gasteiger partial charge in [0.25, 0.3) is 0 Å². The Hall–Kier alpha value is -3.29. The number of benzene rings is 3. The average Bonchev–Trinajstić information content (AvgIpc) is 3.11. The minimum absolute atomic E-state index is 0.0297. The highest BCUT2D eigenvalue weighted by Crippen LogP contribution is 2.33. The van der Waals surface area contributed by atoms with E-state index in [4.69, 9.17) is 21.3 Å². The van der Waals surface area contributed by atoms with Crippen molar-refractivity contribution in [2.75, 3.05) is 12.4 Å². The molecule has 8 heteroatoms. The highest BCUT2D eigenvalue weighted by molar-refractivity contribution is 8.15. The van der Waals surface area contributed by atoms with Gasteiger partial charge in [-0.2, -0.15) is 0 Å². The van der Waals surface area contributed by atoms with Crippen LogP contribution in [0.25, 0.3) is 0 Å². The van der Waals surface area contributed by atoms with Gasteiger partial charge in [-0.3, -0.25) is 14.5 Å². The first kappa shape index (κ1) is 23.9. The van der Waals surface area contributed by atoms with E-state index < -0.39 is 5.25 Å². The Balaban J connectivity index is 1.53. The Morgan fingerprint density at radius 2 is 1.85 bits per heavy atom. The van der Waals surface area contributed by atoms with E-state index in [0.29, 0.717) is 28.1 Å². The van der Waals surface area contributed by atoms with Crippen LogP contribution in [-0.4, -0.2) is 34.2 Å². The normalized spacial score (nSPS) is 16.7. The van der Waals surface area contributed by atoms with E-state index in [2.05, 4.69) is 5.32 Å². The number of nitrogens with zero attached hydrogens (tertiary/aromatic N) is 2. The van der Waals surface area contributed by atoms with Gasteiger partial charge in [0.2, 0.25) is 11.8 Å². The topological polar surface area (TPSA) is 71.0 Å². The van der Waals surface area contributed by atoms with Crippen molar-refractivity contribution >= 4 is 51.7 Å². The summed E-state index contributed by atoms with van der Waals surface area (Å²) in [5.74, 6) is 0.334. The van der Waals surface area contributed by atoms with E-state index in [1.54, 1.807) is 24.1 Å². The predicted octanol–water partition coefficient (Wildman–Crippen LogP) is 5.82. The first-order valence-electron chi connectivity index (χ1n) is 10.7. The van der Waals surface area contributed by atoms with Gasteiger partial charge < -0.3 is 10.1 Å². The van der Waals surface area contributed by atoms with E-state index in [0.717, 1.165) is 16.9 Å². The van der Waals surface area contributed by atoms with Gasteiger partial charge in [0.15, 0.2) is 5.17 Å². The number of hydrogen-bond donors (Lipinski definition) is 1. The van der Waals surface area contributed by atoms with E-state index in [1.165, 1.54) is 11.8 Å². The maximum atomic E-state index is 13.3. The molecule has 0 unspecified atom stereocenters. The second kappa shape index (κ2) is 10.8. The summed E-state index contributed by atoms with van der Waals surface area (Å²) in [6.45, 7) is 2.28. The summed E-state index contributed by atoms with van der Waals surface area (Å²) >= 11 is 7.47. The van der Waals surface area contributed by atoms with Gasteiger partial charge >= 0.3 is 0 Å². The summed E-state index contributed by atoms with van der Waals surface area (Å²) in [4.78, 5) is 32.4. The van der Waals surface area contributed by atoms with Crippen molar-refractivity contribution in [1.29, 1.82) is 0 Å². The molecule has 0 saturated carbocycles. The van der Waals surface area contributed by atoms with E-state index in [1.807, 2.05) is 67.6 Å². The molecule has 1 N–H and O–H groups in total. The molecule has 2 amide bonds. The van der Waals surface area contributed by atoms with E-state index in [-0.39, 0.29) is 18.2 Å². The van der Waals surface area contributed by atoms with Crippen molar-refractivity contribution in [1.82, 2.24) is 4.90 Å². The molecule has 0 spiro atoms. The van der Waals surface area contributed by atoms with Gasteiger partial charge in [0.1, 0.15) is 11.0 Å². The van der Waals surface area contributed by atoms with Crippen LogP contribution in [0.1, 0.15) is 17.5 Å². The smallest absolute Gasteiger partial charge is 0.242 e. The Labute approximate surface area is 208 Å². The Kier molecular flexibility index (Phi) is 7.55. The predicted molar refractivity (Wildman–Crippen MR) is 138 cm³/mol. The second-order valence-corrected chi connectivity index (χ2v) is 9.40. The lowest BCUT2D eigenvalue weighted by atomic mass is 10.2. The molecule has 1 aliphatic heterocycles. The minimum atomic E-state index is -0.568. The van der Waals surface area contributed by atoms with Crippen LogP contribution in [0.5, 0.6) is 5.75 Å². The fourth-order valence-electron chi connectivity index (χ4n) is 3.45. The quantitative estimate of drug-likeness (QED) is 0.450. The van der Waals surface area contributed by atoms with Crippen LogP contribution in [-0.2, 0) is 16.1 Å². The van der Waals surface area contributed by atoms with Gasteiger partial charge in [-0.1, -0.05) is 59.8 Å². The third kappa shape index (κ3) is 5.79. The molecule has 34 heavy (non-hydrogen) atoms. The molecule has 0 radical (unpaired) electrons. The Bertz CT molecular complexity index is 1220. The largest absolute Gasteiger partial charge is 0.497 e. The van der Waals surface area contributed by atoms with Crippen LogP contribution < -0.4 is 10.1 Å². The molecule has 6 nitrogen and oxygen atoms in total.